The van der Waals surface area contributed by atoms with Crippen molar-refractivity contribution in [3.05, 3.63) is 0 Å². The van der Waals surface area contributed by atoms with Crippen LogP contribution in [0.5, 0.6) is 0 Å². The van der Waals surface area contributed by atoms with Gasteiger partial charge in [-0.2, -0.15) is 39.5 Å². The molecular weight excluding hydrogens is 281 g/mol. The molecule has 0 aromatic heterocycles. The van der Waals surface area contributed by atoms with Gasteiger partial charge >= 0.3 is 23.9 Å². The van der Waals surface area contributed by atoms with Crippen molar-refractivity contribution in [3.63, 3.8) is 0 Å². The summed E-state index contributed by atoms with van der Waals surface area (Å²) in [5, 5.41) is 0. The average Bonchev–Trinajstić information content (AvgIpc) is 1.98. The molecule has 0 bridgehead atoms. The fraction of sp³-hybridized carbons (Fsp3) is 1.00. The highest BCUT2D eigenvalue weighted by molar-refractivity contribution is 5.00. The molecule has 0 rings (SSSR count). The van der Waals surface area contributed by atoms with Gasteiger partial charge in [0.25, 0.3) is 0 Å². The Morgan fingerprint density at radius 3 is 1.24 bits per heavy atom. The summed E-state index contributed by atoms with van der Waals surface area (Å²) in [6.07, 6.45) is -14.3. The maximum Gasteiger partial charge on any atom is 0.460 e. The van der Waals surface area contributed by atoms with Crippen LogP contribution in [0.3, 0.4) is 0 Å². The molecule has 0 N–H and O–H groups in total. The van der Waals surface area contributed by atoms with E-state index in [0.29, 0.717) is 0 Å². The topological polar surface area (TPSA) is 0 Å². The Balaban J connectivity index is 5.39. The highest BCUT2D eigenvalue weighted by atomic mass is 19.4. The minimum Gasteiger partial charge on any atom is -0.210 e. The summed E-state index contributed by atoms with van der Waals surface area (Å²) in [4.78, 5) is 0. The quantitative estimate of drug-likeness (QED) is 0.681. The summed E-state index contributed by atoms with van der Waals surface area (Å²) < 4.78 is 130. The van der Waals surface area contributed by atoms with Gasteiger partial charge in [-0.25, -0.2) is 8.78 Å². The molecule has 0 spiro atoms. The van der Waals surface area contributed by atoms with Gasteiger partial charge in [-0.3, -0.25) is 0 Å². The van der Waals surface area contributed by atoms with E-state index in [1.54, 1.807) is 0 Å². The van der Waals surface area contributed by atoms with Crippen LogP contribution in [-0.4, -0.2) is 30.4 Å². The van der Waals surface area contributed by atoms with Crippen LogP contribution in [0.25, 0.3) is 0 Å². The highest BCUT2D eigenvalue weighted by Gasteiger charge is 2.81. The van der Waals surface area contributed by atoms with Gasteiger partial charge in [-0.05, 0) is 0 Å². The van der Waals surface area contributed by atoms with Crippen molar-refractivity contribution < 1.29 is 48.3 Å². The number of alkyl halides is 11. The Bertz CT molecular complexity index is 262. The molecular formula is C6H3F11. The molecule has 0 aromatic rings. The third kappa shape index (κ3) is 2.73. The molecule has 0 atom stereocenters. The third-order valence-corrected chi connectivity index (χ3v) is 1.62. The van der Waals surface area contributed by atoms with E-state index in [1.165, 1.54) is 0 Å². The first-order chi connectivity index (χ1) is 7.17. The molecule has 17 heavy (non-hydrogen) atoms. The minimum atomic E-state index is -7.11. The Labute approximate surface area is 86.4 Å². The third-order valence-electron chi connectivity index (χ3n) is 1.62. The average molecular weight is 284 g/mol. The van der Waals surface area contributed by atoms with Gasteiger partial charge in [0.2, 0.25) is 6.43 Å². The number of hydrogen-bond acceptors (Lipinski definition) is 0. The van der Waals surface area contributed by atoms with E-state index in [9.17, 15) is 48.3 Å². The summed E-state index contributed by atoms with van der Waals surface area (Å²) >= 11 is 0. The molecule has 0 saturated heterocycles. The first-order valence-corrected chi connectivity index (χ1v) is 3.65. The predicted octanol–water partition coefficient (Wildman–Crippen LogP) is 4.11. The van der Waals surface area contributed by atoms with E-state index >= 15 is 0 Å². The Morgan fingerprint density at radius 2 is 1.00 bits per heavy atom. The smallest absolute Gasteiger partial charge is 0.210 e. The summed E-state index contributed by atoms with van der Waals surface area (Å²) in [5.74, 6) is -20.3. The van der Waals surface area contributed by atoms with Crippen molar-refractivity contribution in [2.24, 2.45) is 0 Å². The lowest BCUT2D eigenvalue weighted by Gasteiger charge is -2.33. The van der Waals surface area contributed by atoms with E-state index in [1.807, 2.05) is 0 Å². The maximum atomic E-state index is 12.3. The van der Waals surface area contributed by atoms with Gasteiger partial charge in [0, 0.05) is 0 Å². The molecule has 0 unspecified atom stereocenters. The van der Waals surface area contributed by atoms with Gasteiger partial charge < -0.3 is 0 Å². The zero-order valence-electron chi connectivity index (χ0n) is 7.44. The molecule has 0 aliphatic heterocycles. The second-order valence-electron chi connectivity index (χ2n) is 2.95. The predicted molar refractivity (Wildman–Crippen MR) is 31.5 cm³/mol. The summed E-state index contributed by atoms with van der Waals surface area (Å²) in [7, 11) is 0. The highest BCUT2D eigenvalue weighted by Crippen LogP contribution is 2.54. The second kappa shape index (κ2) is 4.16. The standard InChI is InChI=1S/C6H3F11/c7-2(8)1-3(9,10)4(11,12)5(13,14)6(15,16)17/h2H,1H2. The van der Waals surface area contributed by atoms with Crippen molar-refractivity contribution >= 4 is 0 Å². The lowest BCUT2D eigenvalue weighted by atomic mass is 10.0. The second-order valence-corrected chi connectivity index (χ2v) is 2.95. The molecule has 0 aliphatic rings. The summed E-state index contributed by atoms with van der Waals surface area (Å²) in [5.41, 5.74) is 0. The number of rotatable bonds is 4. The van der Waals surface area contributed by atoms with Gasteiger partial charge in [0.05, 0.1) is 6.42 Å². The van der Waals surface area contributed by atoms with E-state index in [0.717, 1.165) is 0 Å². The first-order valence-electron chi connectivity index (χ1n) is 3.65. The molecule has 0 aliphatic carbocycles. The molecule has 0 aromatic carbocycles. The minimum absolute atomic E-state index is 3.11. The molecule has 104 valence electrons. The molecule has 0 amide bonds. The normalized spacial score (nSPS) is 15.5. The van der Waals surface area contributed by atoms with Crippen molar-refractivity contribution in [2.45, 2.75) is 36.8 Å². The lowest BCUT2D eigenvalue weighted by molar-refractivity contribution is -0.398. The van der Waals surface area contributed by atoms with Crippen molar-refractivity contribution in [1.82, 2.24) is 0 Å². The molecule has 0 nitrogen and oxygen atoms in total. The first kappa shape index (κ1) is 16.2. The fourth-order valence-electron chi connectivity index (χ4n) is 0.730. The van der Waals surface area contributed by atoms with Crippen LogP contribution in [0.2, 0.25) is 0 Å². The van der Waals surface area contributed by atoms with E-state index in [4.69, 9.17) is 0 Å². The molecule has 11 heteroatoms. The lowest BCUT2D eigenvalue weighted by Crippen LogP contribution is -2.61. The van der Waals surface area contributed by atoms with Crippen LogP contribution in [0.15, 0.2) is 0 Å². The van der Waals surface area contributed by atoms with E-state index in [2.05, 4.69) is 0 Å². The van der Waals surface area contributed by atoms with Gasteiger partial charge in [0.15, 0.2) is 0 Å². The fourth-order valence-corrected chi connectivity index (χ4v) is 0.730. The van der Waals surface area contributed by atoms with Crippen LogP contribution in [-0.2, 0) is 0 Å². The monoisotopic (exact) mass is 284 g/mol. The van der Waals surface area contributed by atoms with Crippen LogP contribution >= 0.6 is 0 Å². The maximum absolute atomic E-state index is 12.3. The Kier molecular flexibility index (Phi) is 3.97. The largest absolute Gasteiger partial charge is 0.460 e. The molecule has 0 fully saturated rings. The van der Waals surface area contributed by atoms with Crippen LogP contribution in [0.4, 0.5) is 48.3 Å². The van der Waals surface area contributed by atoms with Crippen molar-refractivity contribution in [1.29, 1.82) is 0 Å². The molecule has 0 radical (unpaired) electrons. The van der Waals surface area contributed by atoms with Gasteiger partial charge in [-0.15, -0.1) is 0 Å². The van der Waals surface area contributed by atoms with Crippen LogP contribution < -0.4 is 0 Å². The molecule has 0 heterocycles. The Morgan fingerprint density at radius 1 is 0.647 bits per heavy atom. The van der Waals surface area contributed by atoms with Crippen LogP contribution in [0, 0.1) is 0 Å². The van der Waals surface area contributed by atoms with Gasteiger partial charge in [0.1, 0.15) is 0 Å². The van der Waals surface area contributed by atoms with Crippen LogP contribution in [0.1, 0.15) is 6.42 Å². The van der Waals surface area contributed by atoms with E-state index < -0.39 is 36.8 Å². The summed E-state index contributed by atoms with van der Waals surface area (Å²) in [6, 6.07) is 0. The number of halogens is 11. The number of hydrogen-bond donors (Lipinski definition) is 0. The zero-order valence-corrected chi connectivity index (χ0v) is 7.44. The summed E-state index contributed by atoms with van der Waals surface area (Å²) in [6.45, 7) is 0. The van der Waals surface area contributed by atoms with Crippen molar-refractivity contribution in [2.75, 3.05) is 0 Å². The molecule has 0 saturated carbocycles. The SMILES string of the molecule is FC(F)CC(F)(F)C(F)(F)C(F)(F)C(F)(F)F. The van der Waals surface area contributed by atoms with Crippen molar-refractivity contribution in [3.8, 4) is 0 Å². The Hall–Kier alpha value is -0.770. The zero-order chi connectivity index (χ0) is 14.3. The van der Waals surface area contributed by atoms with E-state index in [-0.39, 0.29) is 0 Å². The van der Waals surface area contributed by atoms with Gasteiger partial charge in [-0.1, -0.05) is 0 Å².